The maximum absolute atomic E-state index is 14.6. The zero-order valence-corrected chi connectivity index (χ0v) is 20.0. The molecule has 2 aromatic carbocycles. The van der Waals surface area contributed by atoms with E-state index < -0.39 is 52.3 Å². The van der Waals surface area contributed by atoms with Gasteiger partial charge in [0.25, 0.3) is 0 Å². The molecule has 0 N–H and O–H groups in total. The second-order valence-electron chi connectivity index (χ2n) is 9.86. The van der Waals surface area contributed by atoms with Crippen molar-refractivity contribution in [3.8, 4) is 11.3 Å². The molecule has 1 unspecified atom stereocenters. The fourth-order valence-electron chi connectivity index (χ4n) is 5.54. The Balaban J connectivity index is 2.31. The summed E-state index contributed by atoms with van der Waals surface area (Å²) in [6, 6.07) is 7.71. The van der Waals surface area contributed by atoms with E-state index in [4.69, 9.17) is 0 Å². The molecule has 0 amide bonds. The third-order valence-electron chi connectivity index (χ3n) is 7.67. The summed E-state index contributed by atoms with van der Waals surface area (Å²) < 4.78 is 132. The molecule has 0 spiro atoms. The largest absolute Gasteiger partial charge is 0.407 e. The highest BCUT2D eigenvalue weighted by Crippen LogP contribution is 2.65. The molecular weight excluding hydrogens is 497 g/mol. The van der Waals surface area contributed by atoms with Crippen LogP contribution in [0.1, 0.15) is 41.2 Å². The molecule has 0 saturated heterocycles. The first-order chi connectivity index (χ1) is 16.3. The van der Waals surface area contributed by atoms with Crippen molar-refractivity contribution in [1.82, 2.24) is 0 Å². The van der Waals surface area contributed by atoms with Crippen LogP contribution in [0.2, 0.25) is 0 Å². The highest BCUT2D eigenvalue weighted by Gasteiger charge is 2.77. The predicted molar refractivity (Wildman–Crippen MR) is 117 cm³/mol. The summed E-state index contributed by atoms with van der Waals surface area (Å²) in [4.78, 5) is 0. The zero-order valence-electron chi connectivity index (χ0n) is 20.0. The van der Waals surface area contributed by atoms with E-state index in [1.165, 1.54) is 23.7 Å². The maximum atomic E-state index is 14.6. The number of rotatable bonds is 1. The zero-order chi connectivity index (χ0) is 27.2. The molecule has 0 bridgehead atoms. The third kappa shape index (κ3) is 3.35. The summed E-state index contributed by atoms with van der Waals surface area (Å²) in [6.45, 7) is 5.61. The predicted octanol–water partition coefficient (Wildman–Crippen LogP) is 7.84. The Kier molecular flexibility index (Phi) is 5.56. The fraction of sp³-hybridized carbons (Fsp3) is 0.423. The summed E-state index contributed by atoms with van der Waals surface area (Å²) in [5.41, 5.74) is -7.48. The van der Waals surface area contributed by atoms with E-state index in [2.05, 4.69) is 0 Å². The van der Waals surface area contributed by atoms with Gasteiger partial charge in [-0.3, -0.25) is 0 Å². The van der Waals surface area contributed by atoms with Crippen LogP contribution in [0.4, 0.5) is 39.5 Å². The molecule has 1 aromatic heterocycles. The van der Waals surface area contributed by atoms with E-state index in [9.17, 15) is 39.5 Å². The molecule has 1 atom stereocenters. The molecule has 4 rings (SSSR count). The van der Waals surface area contributed by atoms with Crippen LogP contribution in [0.5, 0.6) is 0 Å². The Morgan fingerprint density at radius 1 is 0.778 bits per heavy atom. The Labute approximate surface area is 201 Å². The van der Waals surface area contributed by atoms with E-state index in [0.29, 0.717) is 18.1 Å². The first-order valence-electron chi connectivity index (χ1n) is 11.0. The Morgan fingerprint density at radius 2 is 1.36 bits per heavy atom. The van der Waals surface area contributed by atoms with Crippen LogP contribution in [0.15, 0.2) is 36.4 Å². The second kappa shape index (κ2) is 7.61. The van der Waals surface area contributed by atoms with Gasteiger partial charge in [0.05, 0.1) is 10.8 Å². The van der Waals surface area contributed by atoms with E-state index in [1.54, 1.807) is 26.8 Å². The average molecular weight is 520 g/mol. The Hall–Kier alpha value is -2.78. The Morgan fingerprint density at radius 3 is 1.89 bits per heavy atom. The van der Waals surface area contributed by atoms with Crippen LogP contribution in [0.3, 0.4) is 0 Å². The smallest absolute Gasteiger partial charge is 0.194 e. The minimum atomic E-state index is -6.05. The van der Waals surface area contributed by atoms with Crippen molar-refractivity contribution in [3.63, 3.8) is 0 Å². The van der Waals surface area contributed by atoms with Gasteiger partial charge in [-0.25, -0.2) is 0 Å². The van der Waals surface area contributed by atoms with Crippen LogP contribution >= 0.6 is 0 Å². The second-order valence-corrected chi connectivity index (χ2v) is 9.86. The molecule has 3 aromatic rings. The van der Waals surface area contributed by atoms with Gasteiger partial charge < -0.3 is 0 Å². The highest BCUT2D eigenvalue weighted by molar-refractivity contribution is 5.89. The van der Waals surface area contributed by atoms with Gasteiger partial charge in [-0.05, 0) is 62.4 Å². The Bertz CT molecular complexity index is 1370. The van der Waals surface area contributed by atoms with Gasteiger partial charge in [-0.2, -0.15) is 44.1 Å². The molecule has 1 aliphatic rings. The van der Waals surface area contributed by atoms with Gasteiger partial charge in [0.2, 0.25) is 11.2 Å². The van der Waals surface area contributed by atoms with Crippen molar-refractivity contribution >= 4 is 10.9 Å². The number of benzene rings is 2. The molecule has 0 fully saturated rings. The molecule has 10 heteroatoms. The molecule has 0 aliphatic heterocycles. The summed E-state index contributed by atoms with van der Waals surface area (Å²) in [7, 11) is 1.43. The topological polar surface area (TPSA) is 3.88 Å². The maximum Gasteiger partial charge on any atom is 0.407 e. The summed E-state index contributed by atoms with van der Waals surface area (Å²) >= 11 is 0. The summed E-state index contributed by atoms with van der Waals surface area (Å²) in [6.07, 6.45) is -19.7. The van der Waals surface area contributed by atoms with Gasteiger partial charge in [0.1, 0.15) is 7.05 Å². The van der Waals surface area contributed by atoms with Crippen LogP contribution < -0.4 is 4.57 Å². The average Bonchev–Trinajstić information content (AvgIpc) is 2.72. The third-order valence-corrected chi connectivity index (χ3v) is 7.67. The lowest BCUT2D eigenvalue weighted by Crippen LogP contribution is -2.61. The minimum absolute atomic E-state index is 0.0486. The first-order valence-corrected chi connectivity index (χ1v) is 11.0. The standard InChI is InChI=1S/C26H23F9N/c1-13-9-14(2)15(3)16(10-13)20-11-18-21-17(7-6-8-19(21)36(20)5)22(4,24(27,28)29)12-23(18,25(30,31)32)26(33,34)35/h6-11H,12H2,1-5H3/q+1. The van der Waals surface area contributed by atoms with Crippen molar-refractivity contribution in [2.45, 2.75) is 63.5 Å². The van der Waals surface area contributed by atoms with Crippen LogP contribution in [-0.4, -0.2) is 18.5 Å². The van der Waals surface area contributed by atoms with E-state index in [1.807, 2.05) is 6.07 Å². The normalized spacial score (nSPS) is 20.2. The molecule has 0 saturated carbocycles. The summed E-state index contributed by atoms with van der Waals surface area (Å²) in [5, 5.41) is -0.675. The van der Waals surface area contributed by atoms with E-state index in [0.717, 1.165) is 23.3 Å². The van der Waals surface area contributed by atoms with Crippen LogP contribution in [0.25, 0.3) is 22.2 Å². The molecule has 36 heavy (non-hydrogen) atoms. The van der Waals surface area contributed by atoms with Crippen molar-refractivity contribution in [1.29, 1.82) is 0 Å². The molecular formula is C26H23F9N+. The van der Waals surface area contributed by atoms with Gasteiger partial charge in [-0.1, -0.05) is 23.8 Å². The molecule has 1 aliphatic carbocycles. The number of alkyl halides is 9. The van der Waals surface area contributed by atoms with Gasteiger partial charge in [0.15, 0.2) is 5.41 Å². The van der Waals surface area contributed by atoms with Crippen LogP contribution in [-0.2, 0) is 17.9 Å². The van der Waals surface area contributed by atoms with Crippen molar-refractivity contribution in [2.24, 2.45) is 7.05 Å². The van der Waals surface area contributed by atoms with Gasteiger partial charge in [-0.15, -0.1) is 0 Å². The van der Waals surface area contributed by atoms with Crippen molar-refractivity contribution < 1.29 is 44.1 Å². The fourth-order valence-corrected chi connectivity index (χ4v) is 5.54. The van der Waals surface area contributed by atoms with Gasteiger partial charge >= 0.3 is 18.5 Å². The minimum Gasteiger partial charge on any atom is -0.194 e. The van der Waals surface area contributed by atoms with Gasteiger partial charge in [0, 0.05) is 17.7 Å². The number of hydrogen-bond acceptors (Lipinski definition) is 0. The summed E-state index contributed by atoms with van der Waals surface area (Å²) in [5.74, 6) is 0. The quantitative estimate of drug-likeness (QED) is 0.227. The number of pyridine rings is 1. The SMILES string of the molecule is Cc1cc(C)c(C)c(-c2cc3c4c(cccc4[n+]2C)C(C)(C(F)(F)F)CC3(C(F)(F)F)C(F)(F)F)c1. The molecule has 1 nitrogen and oxygen atoms in total. The first kappa shape index (κ1) is 26.3. The number of aromatic nitrogens is 1. The van der Waals surface area contributed by atoms with E-state index >= 15 is 0 Å². The van der Waals surface area contributed by atoms with Crippen LogP contribution in [0, 0.1) is 20.8 Å². The monoisotopic (exact) mass is 520 g/mol. The number of halogens is 9. The van der Waals surface area contributed by atoms with Crippen molar-refractivity contribution in [2.75, 3.05) is 0 Å². The van der Waals surface area contributed by atoms with E-state index in [-0.39, 0.29) is 11.2 Å². The van der Waals surface area contributed by atoms with Crippen molar-refractivity contribution in [3.05, 3.63) is 64.2 Å². The molecule has 0 radical (unpaired) electrons. The number of hydrogen-bond donors (Lipinski definition) is 0. The number of aryl methyl sites for hydroxylation is 3. The lowest BCUT2D eigenvalue weighted by atomic mass is 9.58. The lowest BCUT2D eigenvalue weighted by molar-refractivity contribution is -0.633. The molecule has 194 valence electrons. The number of nitrogens with zero attached hydrogens (tertiary/aromatic N) is 1. The highest BCUT2D eigenvalue weighted by atomic mass is 19.4. The molecule has 1 heterocycles. The lowest BCUT2D eigenvalue weighted by Gasteiger charge is -2.48.